The van der Waals surface area contributed by atoms with Crippen LogP contribution in [0.4, 0.5) is 4.79 Å². The van der Waals surface area contributed by atoms with Gasteiger partial charge in [0, 0.05) is 6.54 Å². The van der Waals surface area contributed by atoms with Crippen molar-refractivity contribution in [2.75, 3.05) is 6.54 Å². The highest BCUT2D eigenvalue weighted by atomic mass is 35.5. The summed E-state index contributed by atoms with van der Waals surface area (Å²) in [6, 6.07) is 0. The number of rotatable bonds is 4. The molecule has 0 spiro atoms. The third kappa shape index (κ3) is 4.08. The van der Waals surface area contributed by atoms with Crippen molar-refractivity contribution in [2.24, 2.45) is 5.41 Å². The van der Waals surface area contributed by atoms with Crippen molar-refractivity contribution < 1.29 is 14.7 Å². The predicted molar refractivity (Wildman–Crippen MR) is 57.0 cm³/mol. The molecule has 0 radical (unpaired) electrons. The first-order valence-corrected chi connectivity index (χ1v) is 5.57. The lowest BCUT2D eigenvalue weighted by Gasteiger charge is -2.35. The Balaban J connectivity index is 2.57. The summed E-state index contributed by atoms with van der Waals surface area (Å²) >= 11 is 5.20. The maximum Gasteiger partial charge on any atom is 0.313 e. The van der Waals surface area contributed by atoms with Gasteiger partial charge in [0.05, 0.1) is 6.42 Å². The van der Waals surface area contributed by atoms with Crippen LogP contribution in [0.3, 0.4) is 0 Å². The van der Waals surface area contributed by atoms with E-state index in [4.69, 9.17) is 16.7 Å². The average Bonchev–Trinajstić information content (AvgIpc) is 2.15. The van der Waals surface area contributed by atoms with Crippen molar-refractivity contribution in [3.05, 3.63) is 0 Å². The fourth-order valence-electron chi connectivity index (χ4n) is 2.30. The van der Waals surface area contributed by atoms with Gasteiger partial charge in [0.25, 0.3) is 0 Å². The number of halogens is 1. The number of nitrogens with one attached hydrogen (secondary N) is 1. The molecule has 0 aromatic carbocycles. The molecule has 0 heterocycles. The van der Waals surface area contributed by atoms with Crippen molar-refractivity contribution in [1.82, 2.24) is 5.32 Å². The zero-order valence-corrected chi connectivity index (χ0v) is 9.35. The van der Waals surface area contributed by atoms with Crippen LogP contribution < -0.4 is 5.32 Å². The van der Waals surface area contributed by atoms with Crippen LogP contribution in [0.5, 0.6) is 0 Å². The normalized spacial score (nSPS) is 19.5. The summed E-state index contributed by atoms with van der Waals surface area (Å²) in [6.07, 6.45) is 5.05. The fraction of sp³-hybridized carbons (Fsp3) is 0.800. The van der Waals surface area contributed by atoms with Gasteiger partial charge in [-0.05, 0) is 29.9 Å². The van der Waals surface area contributed by atoms with Gasteiger partial charge in [-0.1, -0.05) is 19.3 Å². The second-order valence-electron chi connectivity index (χ2n) is 4.26. The lowest BCUT2D eigenvalue weighted by Crippen LogP contribution is -2.38. The molecule has 15 heavy (non-hydrogen) atoms. The van der Waals surface area contributed by atoms with Crippen LogP contribution in [0, 0.1) is 5.41 Å². The Bertz CT molecular complexity index is 249. The molecule has 1 fully saturated rings. The van der Waals surface area contributed by atoms with Gasteiger partial charge >= 0.3 is 11.3 Å². The summed E-state index contributed by atoms with van der Waals surface area (Å²) < 4.78 is 0. The van der Waals surface area contributed by atoms with E-state index in [1.165, 1.54) is 0 Å². The number of carboxylic acid groups (broad SMARTS) is 1. The van der Waals surface area contributed by atoms with Gasteiger partial charge in [0.1, 0.15) is 0 Å². The number of carbonyl (C=O) groups excluding carboxylic acids is 1. The van der Waals surface area contributed by atoms with Crippen LogP contribution in [-0.2, 0) is 4.79 Å². The van der Waals surface area contributed by atoms with Gasteiger partial charge in [-0.15, -0.1) is 0 Å². The highest BCUT2D eigenvalue weighted by Gasteiger charge is 2.34. The second-order valence-corrected chi connectivity index (χ2v) is 4.60. The number of carboxylic acids is 1. The molecule has 0 atom stereocenters. The van der Waals surface area contributed by atoms with Crippen molar-refractivity contribution >= 4 is 22.9 Å². The van der Waals surface area contributed by atoms with Gasteiger partial charge in [0.2, 0.25) is 0 Å². The molecule has 1 aliphatic rings. The molecule has 5 heteroatoms. The van der Waals surface area contributed by atoms with Gasteiger partial charge in [-0.25, -0.2) is 0 Å². The summed E-state index contributed by atoms with van der Waals surface area (Å²) in [5.74, 6) is -0.805. The van der Waals surface area contributed by atoms with Crippen LogP contribution in [-0.4, -0.2) is 23.0 Å². The quantitative estimate of drug-likeness (QED) is 0.579. The number of carbonyl (C=O) groups is 2. The molecule has 1 aliphatic carbocycles. The van der Waals surface area contributed by atoms with Crippen LogP contribution in [0.2, 0.25) is 0 Å². The Morgan fingerprint density at radius 1 is 1.27 bits per heavy atom. The second kappa shape index (κ2) is 5.35. The summed E-state index contributed by atoms with van der Waals surface area (Å²) in [5.41, 5.74) is -0.283. The number of hydrogen-bond acceptors (Lipinski definition) is 2. The molecule has 0 aliphatic heterocycles. The van der Waals surface area contributed by atoms with Crippen molar-refractivity contribution in [3.63, 3.8) is 0 Å². The van der Waals surface area contributed by atoms with Crippen LogP contribution in [0.15, 0.2) is 0 Å². The van der Waals surface area contributed by atoms with Crippen molar-refractivity contribution in [2.45, 2.75) is 38.5 Å². The zero-order valence-electron chi connectivity index (χ0n) is 8.59. The minimum atomic E-state index is -0.805. The molecule has 0 aromatic rings. The van der Waals surface area contributed by atoms with E-state index < -0.39 is 11.3 Å². The first-order valence-electron chi connectivity index (χ1n) is 5.19. The highest BCUT2D eigenvalue weighted by Crippen LogP contribution is 2.38. The summed E-state index contributed by atoms with van der Waals surface area (Å²) in [4.78, 5) is 21.4. The lowest BCUT2D eigenvalue weighted by molar-refractivity contribution is -0.140. The standard InChI is InChI=1S/C10H16ClNO3/c11-9(15)12-7-10(6-8(13)14)4-2-1-3-5-10/h1-7H2,(H,12,15)(H,13,14). The highest BCUT2D eigenvalue weighted by molar-refractivity contribution is 6.62. The summed E-state index contributed by atoms with van der Waals surface area (Å²) in [7, 11) is 0. The van der Waals surface area contributed by atoms with E-state index in [9.17, 15) is 9.59 Å². The summed E-state index contributed by atoms with van der Waals surface area (Å²) in [5, 5.41) is 10.8. The molecule has 0 aromatic heterocycles. The SMILES string of the molecule is O=C(O)CC1(CNC(=O)Cl)CCCCC1. The minimum Gasteiger partial charge on any atom is -0.481 e. The maximum absolute atomic E-state index is 10.8. The van der Waals surface area contributed by atoms with Gasteiger partial charge in [-0.2, -0.15) is 0 Å². The largest absolute Gasteiger partial charge is 0.481 e. The van der Waals surface area contributed by atoms with E-state index in [-0.39, 0.29) is 11.8 Å². The van der Waals surface area contributed by atoms with E-state index in [1.54, 1.807) is 0 Å². The first-order chi connectivity index (χ1) is 7.04. The summed E-state index contributed by atoms with van der Waals surface area (Å²) in [6.45, 7) is 0.377. The molecule has 0 unspecified atom stereocenters. The molecule has 1 rings (SSSR count). The predicted octanol–water partition coefficient (Wildman–Crippen LogP) is 2.36. The first kappa shape index (κ1) is 12.3. The van der Waals surface area contributed by atoms with E-state index in [0.717, 1.165) is 32.1 Å². The molecule has 1 amide bonds. The van der Waals surface area contributed by atoms with E-state index in [1.807, 2.05) is 0 Å². The topological polar surface area (TPSA) is 66.4 Å². The van der Waals surface area contributed by atoms with E-state index in [2.05, 4.69) is 5.32 Å². The fourth-order valence-corrected chi connectivity index (χ4v) is 2.36. The Morgan fingerprint density at radius 2 is 1.87 bits per heavy atom. The number of amides is 1. The van der Waals surface area contributed by atoms with E-state index in [0.29, 0.717) is 6.54 Å². The Hall–Kier alpha value is -0.770. The molecular weight excluding hydrogens is 218 g/mol. The molecule has 1 saturated carbocycles. The molecule has 4 nitrogen and oxygen atoms in total. The number of hydrogen-bond donors (Lipinski definition) is 2. The van der Waals surface area contributed by atoms with Gasteiger partial charge in [-0.3, -0.25) is 9.59 Å². The van der Waals surface area contributed by atoms with E-state index >= 15 is 0 Å². The molecule has 0 saturated heterocycles. The van der Waals surface area contributed by atoms with Crippen LogP contribution >= 0.6 is 11.6 Å². The van der Waals surface area contributed by atoms with Crippen LogP contribution in [0.1, 0.15) is 38.5 Å². The zero-order chi connectivity index (χ0) is 11.3. The molecule has 2 N–H and O–H groups in total. The lowest BCUT2D eigenvalue weighted by atomic mass is 9.72. The molecular formula is C10H16ClNO3. The minimum absolute atomic E-state index is 0.115. The average molecular weight is 234 g/mol. The Morgan fingerprint density at radius 3 is 2.33 bits per heavy atom. The third-order valence-corrected chi connectivity index (χ3v) is 3.18. The van der Waals surface area contributed by atoms with Gasteiger partial charge in [0.15, 0.2) is 0 Å². The maximum atomic E-state index is 10.8. The monoisotopic (exact) mass is 233 g/mol. The Kier molecular flexibility index (Phi) is 4.39. The molecule has 86 valence electrons. The Labute approximate surface area is 94.0 Å². The third-order valence-electron chi connectivity index (χ3n) is 3.04. The van der Waals surface area contributed by atoms with Gasteiger partial charge < -0.3 is 10.4 Å². The smallest absolute Gasteiger partial charge is 0.313 e. The van der Waals surface area contributed by atoms with Crippen molar-refractivity contribution in [3.8, 4) is 0 Å². The molecule has 0 bridgehead atoms. The van der Waals surface area contributed by atoms with Crippen LogP contribution in [0.25, 0.3) is 0 Å². The van der Waals surface area contributed by atoms with Crippen molar-refractivity contribution in [1.29, 1.82) is 0 Å². The number of aliphatic carboxylic acids is 1.